The maximum atomic E-state index is 12.2. The number of aryl methyl sites for hydroxylation is 1. The largest absolute Gasteiger partial charge is 0.345 e. The fourth-order valence-corrected chi connectivity index (χ4v) is 3.14. The van der Waals surface area contributed by atoms with Crippen LogP contribution in [-0.2, 0) is 16.4 Å². The number of nitrogens with one attached hydrogen (secondary N) is 1. The summed E-state index contributed by atoms with van der Waals surface area (Å²) in [5, 5.41) is 0. The van der Waals surface area contributed by atoms with Crippen LogP contribution in [0.4, 0.5) is 0 Å². The summed E-state index contributed by atoms with van der Waals surface area (Å²) in [4.78, 5) is 13.5. The lowest BCUT2D eigenvalue weighted by molar-refractivity contribution is 0.0827. The van der Waals surface area contributed by atoms with Gasteiger partial charge in [-0.15, -0.1) is 0 Å². The van der Waals surface area contributed by atoms with Gasteiger partial charge in [-0.2, -0.15) is 4.72 Å². The molecule has 0 aromatic heterocycles. The van der Waals surface area contributed by atoms with Crippen molar-refractivity contribution >= 4 is 15.9 Å². The minimum Gasteiger partial charge on any atom is -0.345 e. The Labute approximate surface area is 155 Å². The Morgan fingerprint density at radius 3 is 2.19 bits per heavy atom. The van der Waals surface area contributed by atoms with Crippen molar-refractivity contribution in [2.45, 2.75) is 18.2 Å². The van der Waals surface area contributed by atoms with Crippen molar-refractivity contribution in [3.05, 3.63) is 65.2 Å². The molecule has 0 bridgehead atoms. The fourth-order valence-electron chi connectivity index (χ4n) is 2.22. The fraction of sp³-hybridized carbons (Fsp3) is 0.250. The molecule has 6 heteroatoms. The summed E-state index contributed by atoms with van der Waals surface area (Å²) in [5.74, 6) is 5.59. The molecule has 0 heterocycles. The van der Waals surface area contributed by atoms with Crippen LogP contribution < -0.4 is 4.72 Å². The zero-order valence-corrected chi connectivity index (χ0v) is 15.9. The summed E-state index contributed by atoms with van der Waals surface area (Å²) >= 11 is 0. The second-order valence-electron chi connectivity index (χ2n) is 5.90. The van der Waals surface area contributed by atoms with E-state index >= 15 is 0 Å². The molecule has 0 aliphatic rings. The molecule has 0 aliphatic carbocycles. The number of amides is 1. The molecule has 0 saturated heterocycles. The van der Waals surface area contributed by atoms with Crippen molar-refractivity contribution in [1.29, 1.82) is 0 Å². The van der Waals surface area contributed by atoms with E-state index in [9.17, 15) is 13.2 Å². The monoisotopic (exact) mass is 370 g/mol. The highest BCUT2D eigenvalue weighted by Crippen LogP contribution is 2.10. The van der Waals surface area contributed by atoms with Crippen molar-refractivity contribution in [2.24, 2.45) is 0 Å². The summed E-state index contributed by atoms with van der Waals surface area (Å²) in [6.07, 6.45) is 0.859. The molecule has 0 spiro atoms. The maximum Gasteiger partial charge on any atom is 0.253 e. The average molecular weight is 370 g/mol. The lowest BCUT2D eigenvalue weighted by atomic mass is 10.1. The number of rotatable bonds is 5. The number of carbonyl (C=O) groups excluding carboxylic acids is 1. The van der Waals surface area contributed by atoms with Crippen LogP contribution >= 0.6 is 0 Å². The van der Waals surface area contributed by atoms with E-state index in [1.54, 1.807) is 62.6 Å². The van der Waals surface area contributed by atoms with E-state index in [4.69, 9.17) is 0 Å². The van der Waals surface area contributed by atoms with E-state index in [-0.39, 0.29) is 17.3 Å². The first-order valence-corrected chi connectivity index (χ1v) is 9.71. The number of sulfonamides is 1. The number of carbonyl (C=O) groups is 1. The highest BCUT2D eigenvalue weighted by Gasteiger charge is 2.12. The van der Waals surface area contributed by atoms with E-state index < -0.39 is 10.0 Å². The summed E-state index contributed by atoms with van der Waals surface area (Å²) in [6.45, 7) is 2.02. The van der Waals surface area contributed by atoms with Crippen LogP contribution in [0.15, 0.2) is 53.4 Å². The molecular formula is C20H22N2O3S. The summed E-state index contributed by atoms with van der Waals surface area (Å²) < 4.78 is 26.9. The van der Waals surface area contributed by atoms with Gasteiger partial charge in [-0.3, -0.25) is 4.79 Å². The van der Waals surface area contributed by atoms with Gasteiger partial charge in [-0.1, -0.05) is 30.9 Å². The Kier molecular flexibility index (Phi) is 6.56. The molecule has 0 saturated carbocycles. The van der Waals surface area contributed by atoms with Gasteiger partial charge >= 0.3 is 0 Å². The Balaban J connectivity index is 1.98. The molecule has 2 aromatic rings. The van der Waals surface area contributed by atoms with Gasteiger partial charge in [0.2, 0.25) is 10.0 Å². The first-order chi connectivity index (χ1) is 12.3. The number of nitrogens with zero attached hydrogens (tertiary/aromatic N) is 1. The third-order valence-corrected chi connectivity index (χ3v) is 5.18. The third-order valence-electron chi connectivity index (χ3n) is 3.76. The van der Waals surface area contributed by atoms with Gasteiger partial charge in [-0.05, 0) is 48.4 Å². The van der Waals surface area contributed by atoms with Gasteiger partial charge in [0, 0.05) is 25.2 Å². The summed E-state index contributed by atoms with van der Waals surface area (Å²) in [6, 6.07) is 13.7. The lowest BCUT2D eigenvalue weighted by Gasteiger charge is -2.09. The van der Waals surface area contributed by atoms with Crippen molar-refractivity contribution in [2.75, 3.05) is 20.6 Å². The minimum absolute atomic E-state index is 0.0102. The first kappa shape index (κ1) is 19.7. The van der Waals surface area contributed by atoms with Crippen LogP contribution in [0.25, 0.3) is 0 Å². The zero-order valence-electron chi connectivity index (χ0n) is 15.1. The van der Waals surface area contributed by atoms with Crippen molar-refractivity contribution in [1.82, 2.24) is 9.62 Å². The quantitative estimate of drug-likeness (QED) is 0.821. The molecular weight excluding hydrogens is 348 g/mol. The van der Waals surface area contributed by atoms with Crippen LogP contribution in [0.5, 0.6) is 0 Å². The molecule has 1 amide bonds. The van der Waals surface area contributed by atoms with E-state index in [1.807, 2.05) is 6.92 Å². The normalized spacial score (nSPS) is 10.7. The predicted molar refractivity (Wildman–Crippen MR) is 102 cm³/mol. The average Bonchev–Trinajstić information content (AvgIpc) is 2.65. The van der Waals surface area contributed by atoms with Gasteiger partial charge in [0.15, 0.2) is 0 Å². The maximum absolute atomic E-state index is 12.2. The van der Waals surface area contributed by atoms with Gasteiger partial charge in [-0.25, -0.2) is 8.42 Å². The molecule has 0 atom stereocenters. The molecule has 0 fully saturated rings. The number of benzene rings is 2. The molecule has 26 heavy (non-hydrogen) atoms. The van der Waals surface area contributed by atoms with Crippen molar-refractivity contribution in [3.63, 3.8) is 0 Å². The van der Waals surface area contributed by atoms with Crippen LogP contribution in [0.2, 0.25) is 0 Å². The van der Waals surface area contributed by atoms with Crippen LogP contribution in [0, 0.1) is 11.8 Å². The molecule has 2 aromatic carbocycles. The second-order valence-corrected chi connectivity index (χ2v) is 7.67. The SMILES string of the molecule is CCc1ccc(S(=O)(=O)NCC#Cc2ccc(C(=O)N(C)C)cc2)cc1. The first-order valence-electron chi connectivity index (χ1n) is 8.22. The summed E-state index contributed by atoms with van der Waals surface area (Å²) in [7, 11) is -0.185. The Hall–Kier alpha value is -2.62. The summed E-state index contributed by atoms with van der Waals surface area (Å²) in [5.41, 5.74) is 2.38. The van der Waals surface area contributed by atoms with E-state index in [2.05, 4.69) is 16.6 Å². The predicted octanol–water partition coefficient (Wildman–Crippen LogP) is 2.28. The second kappa shape index (κ2) is 8.65. The van der Waals surface area contributed by atoms with Gasteiger partial charge in [0.1, 0.15) is 0 Å². The Bertz CT molecular complexity index is 920. The molecule has 2 rings (SSSR count). The molecule has 1 N–H and O–H groups in total. The molecule has 5 nitrogen and oxygen atoms in total. The van der Waals surface area contributed by atoms with Gasteiger partial charge in [0.05, 0.1) is 11.4 Å². The minimum atomic E-state index is -3.57. The van der Waals surface area contributed by atoms with E-state index in [1.165, 1.54) is 4.90 Å². The molecule has 136 valence electrons. The van der Waals surface area contributed by atoms with Crippen molar-refractivity contribution < 1.29 is 13.2 Å². The zero-order chi connectivity index (χ0) is 19.2. The number of hydrogen-bond acceptors (Lipinski definition) is 3. The van der Waals surface area contributed by atoms with Crippen molar-refractivity contribution in [3.8, 4) is 11.8 Å². The van der Waals surface area contributed by atoms with E-state index in [0.717, 1.165) is 12.0 Å². The Morgan fingerprint density at radius 1 is 1.04 bits per heavy atom. The standard InChI is InChI=1S/C20H22N2O3S/c1-4-16-9-13-19(14-10-16)26(24,25)21-15-5-6-17-7-11-18(12-8-17)20(23)22(2)3/h7-14,21H,4,15H2,1-3H3. The van der Waals surface area contributed by atoms with Gasteiger partial charge < -0.3 is 4.90 Å². The topological polar surface area (TPSA) is 66.5 Å². The lowest BCUT2D eigenvalue weighted by Crippen LogP contribution is -2.24. The third kappa shape index (κ3) is 5.19. The molecule has 0 radical (unpaired) electrons. The highest BCUT2D eigenvalue weighted by molar-refractivity contribution is 7.89. The van der Waals surface area contributed by atoms with Crippen LogP contribution in [0.3, 0.4) is 0 Å². The smallest absolute Gasteiger partial charge is 0.253 e. The van der Waals surface area contributed by atoms with Gasteiger partial charge in [0.25, 0.3) is 5.91 Å². The number of hydrogen-bond donors (Lipinski definition) is 1. The molecule has 0 aliphatic heterocycles. The van der Waals surface area contributed by atoms with Crippen LogP contribution in [0.1, 0.15) is 28.4 Å². The Morgan fingerprint density at radius 2 is 1.65 bits per heavy atom. The molecule has 0 unspecified atom stereocenters. The van der Waals surface area contributed by atoms with E-state index in [0.29, 0.717) is 11.1 Å². The highest BCUT2D eigenvalue weighted by atomic mass is 32.2. The van der Waals surface area contributed by atoms with Crippen LogP contribution in [-0.4, -0.2) is 39.9 Å².